The lowest BCUT2D eigenvalue weighted by Crippen LogP contribution is -1.97. The molecule has 0 saturated heterocycles. The average Bonchev–Trinajstić information content (AvgIpc) is 1.93. The van der Waals surface area contributed by atoms with Gasteiger partial charge in [-0.3, -0.25) is 9.19 Å². The molecule has 0 aliphatic heterocycles. The highest BCUT2D eigenvalue weighted by molar-refractivity contribution is 7.78. The molecule has 0 bridgehead atoms. The molecule has 11 heavy (non-hydrogen) atoms. The van der Waals surface area contributed by atoms with Crippen molar-refractivity contribution in [3.8, 4) is 0 Å². The molecule has 4 heteroatoms. The summed E-state index contributed by atoms with van der Waals surface area (Å²) < 4.78 is 20.6. The van der Waals surface area contributed by atoms with Crippen molar-refractivity contribution < 1.29 is 8.76 Å². The van der Waals surface area contributed by atoms with Crippen LogP contribution in [0.3, 0.4) is 0 Å². The van der Waals surface area contributed by atoms with Crippen molar-refractivity contribution >= 4 is 11.1 Å². The second-order valence-corrected chi connectivity index (χ2v) is 3.09. The minimum absolute atomic E-state index is 0.0552. The predicted octanol–water partition coefficient (Wildman–Crippen LogP) is 0.769. The van der Waals surface area contributed by atoms with E-state index >= 15 is 0 Å². The second-order valence-electron chi connectivity index (χ2n) is 2.20. The van der Waals surface area contributed by atoms with Gasteiger partial charge in [0.05, 0.1) is 0 Å². The first kappa shape index (κ1) is 8.36. The summed E-state index contributed by atoms with van der Waals surface area (Å²) in [5.74, 6) is 0.0552. The van der Waals surface area contributed by atoms with Gasteiger partial charge in [-0.05, 0) is 18.6 Å². The van der Waals surface area contributed by atoms with Gasteiger partial charge < -0.3 is 4.55 Å². The maximum Gasteiger partial charge on any atom is 0.0413 e. The van der Waals surface area contributed by atoms with Crippen molar-refractivity contribution in [1.29, 1.82) is 0 Å². The molecule has 3 nitrogen and oxygen atoms in total. The van der Waals surface area contributed by atoms with Crippen LogP contribution in [0, 0.1) is 6.92 Å². The van der Waals surface area contributed by atoms with E-state index < -0.39 is 11.1 Å². The van der Waals surface area contributed by atoms with Gasteiger partial charge in [-0.1, -0.05) is 17.1 Å². The first-order valence-electron chi connectivity index (χ1n) is 3.16. The van der Waals surface area contributed by atoms with Crippen LogP contribution >= 0.6 is 0 Å². The van der Waals surface area contributed by atoms with Crippen LogP contribution in [0.5, 0.6) is 0 Å². The van der Waals surface area contributed by atoms with Crippen LogP contribution in [0.4, 0.5) is 0 Å². The first-order chi connectivity index (χ1) is 5.20. The highest BCUT2D eigenvalue weighted by Crippen LogP contribution is 2.05. The van der Waals surface area contributed by atoms with Crippen LogP contribution in [0.2, 0.25) is 0 Å². The van der Waals surface area contributed by atoms with Crippen LogP contribution in [0.25, 0.3) is 0 Å². The molecule has 60 valence electrons. The molecular weight excluding hydrogens is 162 g/mol. The van der Waals surface area contributed by atoms with Gasteiger partial charge in [-0.25, -0.2) is 0 Å². The molecule has 0 radical (unpaired) electrons. The van der Waals surface area contributed by atoms with Crippen LogP contribution in [-0.2, 0) is 16.8 Å². The maximum atomic E-state index is 10.3. The van der Waals surface area contributed by atoms with Crippen LogP contribution in [-0.4, -0.2) is 13.7 Å². The number of rotatable bonds is 2. The number of nitrogens with zero attached hydrogens (tertiary/aromatic N) is 1. The summed E-state index contributed by atoms with van der Waals surface area (Å²) in [7, 11) is 0. The lowest BCUT2D eigenvalue weighted by molar-refractivity contribution is 0.536. The molecule has 1 rings (SSSR count). The molecule has 1 aromatic heterocycles. The van der Waals surface area contributed by atoms with E-state index in [1.165, 1.54) is 0 Å². The van der Waals surface area contributed by atoms with Crippen molar-refractivity contribution in [2.24, 2.45) is 0 Å². The Bertz CT molecular complexity index is 275. The number of aromatic nitrogens is 1. The Labute approximate surface area is 67.8 Å². The summed E-state index contributed by atoms with van der Waals surface area (Å²) >= 11 is -2.02. The third-order valence-corrected chi connectivity index (χ3v) is 1.94. The maximum absolute atomic E-state index is 10.3. The van der Waals surface area contributed by atoms with Gasteiger partial charge >= 0.3 is 0 Å². The van der Waals surface area contributed by atoms with E-state index in [9.17, 15) is 8.76 Å². The molecule has 0 aliphatic rings. The van der Waals surface area contributed by atoms with Crippen LogP contribution in [0.15, 0.2) is 18.3 Å². The highest BCUT2D eigenvalue weighted by atomic mass is 32.2. The van der Waals surface area contributed by atoms with Gasteiger partial charge in [0, 0.05) is 17.6 Å². The third kappa shape index (κ3) is 2.40. The monoisotopic (exact) mass is 170 g/mol. The molecule has 1 heterocycles. The number of hydrogen-bond acceptors (Lipinski definition) is 3. The van der Waals surface area contributed by atoms with E-state index in [-0.39, 0.29) is 5.75 Å². The normalized spacial score (nSPS) is 12.9. The molecule has 0 aromatic carbocycles. The minimum Gasteiger partial charge on any atom is -0.772 e. The van der Waals surface area contributed by atoms with Gasteiger partial charge in [0.2, 0.25) is 0 Å². The lowest BCUT2D eigenvalue weighted by atomic mass is 10.2. The Hall–Kier alpha value is -0.740. The highest BCUT2D eigenvalue weighted by Gasteiger charge is 1.96. The van der Waals surface area contributed by atoms with Crippen molar-refractivity contribution in [2.75, 3.05) is 0 Å². The zero-order chi connectivity index (χ0) is 8.27. The fraction of sp³-hybridized carbons (Fsp3) is 0.286. The van der Waals surface area contributed by atoms with Gasteiger partial charge in [-0.2, -0.15) is 0 Å². The number of pyridine rings is 1. The van der Waals surface area contributed by atoms with Crippen LogP contribution < -0.4 is 0 Å². The zero-order valence-electron chi connectivity index (χ0n) is 6.11. The molecule has 0 spiro atoms. The fourth-order valence-electron chi connectivity index (χ4n) is 0.797. The Morgan fingerprint density at radius 1 is 1.73 bits per heavy atom. The molecule has 0 amide bonds. The zero-order valence-corrected chi connectivity index (χ0v) is 6.93. The van der Waals surface area contributed by atoms with Gasteiger partial charge in [0.15, 0.2) is 0 Å². The Balaban J connectivity index is 2.86. The van der Waals surface area contributed by atoms with E-state index in [1.807, 2.05) is 0 Å². The largest absolute Gasteiger partial charge is 0.772 e. The summed E-state index contributed by atoms with van der Waals surface area (Å²) in [5, 5.41) is 0. The SMILES string of the molecule is Cc1ncccc1CS(=O)[O-]. The van der Waals surface area contributed by atoms with Gasteiger partial charge in [0.1, 0.15) is 0 Å². The third-order valence-electron chi connectivity index (χ3n) is 1.39. The molecule has 1 aromatic rings. The lowest BCUT2D eigenvalue weighted by Gasteiger charge is -2.06. The van der Waals surface area contributed by atoms with Gasteiger partial charge in [0.25, 0.3) is 0 Å². The molecule has 0 N–H and O–H groups in total. The molecule has 0 aliphatic carbocycles. The molecule has 0 saturated carbocycles. The molecule has 1 unspecified atom stereocenters. The van der Waals surface area contributed by atoms with Crippen molar-refractivity contribution in [3.05, 3.63) is 29.6 Å². The molecular formula is C7H8NO2S-. The van der Waals surface area contributed by atoms with Crippen LogP contribution in [0.1, 0.15) is 11.3 Å². The summed E-state index contributed by atoms with van der Waals surface area (Å²) in [6.07, 6.45) is 1.65. The number of aryl methyl sites for hydroxylation is 1. The second kappa shape index (κ2) is 3.59. The summed E-state index contributed by atoms with van der Waals surface area (Å²) in [6.45, 7) is 1.79. The summed E-state index contributed by atoms with van der Waals surface area (Å²) in [4.78, 5) is 3.96. The quantitative estimate of drug-likeness (QED) is 0.616. The molecule has 0 fully saturated rings. The van der Waals surface area contributed by atoms with Crippen molar-refractivity contribution in [2.45, 2.75) is 12.7 Å². The number of hydrogen-bond donors (Lipinski definition) is 0. The van der Waals surface area contributed by atoms with Crippen molar-refractivity contribution in [3.63, 3.8) is 0 Å². The van der Waals surface area contributed by atoms with E-state index in [4.69, 9.17) is 0 Å². The minimum atomic E-state index is -2.02. The Kier molecular flexibility index (Phi) is 2.73. The summed E-state index contributed by atoms with van der Waals surface area (Å²) in [6, 6.07) is 3.49. The Morgan fingerprint density at radius 3 is 3.00 bits per heavy atom. The standard InChI is InChI=1S/C7H9NO2S/c1-6-7(5-11(9)10)3-2-4-8-6/h2-4H,5H2,1H3,(H,9,10)/p-1. The van der Waals surface area contributed by atoms with E-state index in [2.05, 4.69) is 4.98 Å². The van der Waals surface area contributed by atoms with Crippen molar-refractivity contribution in [1.82, 2.24) is 4.98 Å². The average molecular weight is 170 g/mol. The van der Waals surface area contributed by atoms with E-state index in [0.717, 1.165) is 11.3 Å². The Morgan fingerprint density at radius 2 is 2.45 bits per heavy atom. The van der Waals surface area contributed by atoms with Gasteiger partial charge in [-0.15, -0.1) is 0 Å². The summed E-state index contributed by atoms with van der Waals surface area (Å²) in [5.41, 5.74) is 1.54. The first-order valence-corrected chi connectivity index (χ1v) is 4.41. The fourth-order valence-corrected chi connectivity index (χ4v) is 1.36. The molecule has 1 atom stereocenters. The smallest absolute Gasteiger partial charge is 0.0413 e. The van der Waals surface area contributed by atoms with E-state index in [1.54, 1.807) is 25.3 Å². The topological polar surface area (TPSA) is 53.0 Å². The predicted molar refractivity (Wildman–Crippen MR) is 41.6 cm³/mol. The van der Waals surface area contributed by atoms with E-state index in [0.29, 0.717) is 0 Å².